The molecule has 4 heteroatoms. The molecule has 0 aliphatic rings. The van der Waals surface area contributed by atoms with Crippen LogP contribution in [0.15, 0.2) is 0 Å². The van der Waals surface area contributed by atoms with Gasteiger partial charge in [-0.05, 0) is 18.4 Å². The van der Waals surface area contributed by atoms with Gasteiger partial charge in [0.1, 0.15) is 6.29 Å². The highest BCUT2D eigenvalue weighted by Crippen LogP contribution is 1.98. The molecule has 1 amide bonds. The van der Waals surface area contributed by atoms with Gasteiger partial charge in [0.25, 0.3) is 0 Å². The van der Waals surface area contributed by atoms with Crippen molar-refractivity contribution in [2.75, 3.05) is 12.0 Å². The lowest BCUT2D eigenvalue weighted by molar-refractivity contribution is -0.122. The molecule has 0 aromatic rings. The summed E-state index contributed by atoms with van der Waals surface area (Å²) in [7, 11) is 0. The maximum absolute atomic E-state index is 10.5. The smallest absolute Gasteiger partial charge is 0.217 e. The van der Waals surface area contributed by atoms with Crippen molar-refractivity contribution in [2.45, 2.75) is 19.4 Å². The second-order valence-corrected chi connectivity index (χ2v) is 3.21. The first-order valence-electron chi connectivity index (χ1n) is 3.42. The fourth-order valence-corrected chi connectivity index (χ4v) is 1.17. The molecular weight excluding hydrogens is 162 g/mol. The predicted molar refractivity (Wildman–Crippen MR) is 46.7 cm³/mol. The van der Waals surface area contributed by atoms with Crippen LogP contribution >= 0.6 is 11.8 Å². The summed E-state index contributed by atoms with van der Waals surface area (Å²) in [5, 5.41) is 2.54. The molecule has 11 heavy (non-hydrogen) atoms. The summed E-state index contributed by atoms with van der Waals surface area (Å²) in [6.45, 7) is 1.41. The van der Waals surface area contributed by atoms with Gasteiger partial charge < -0.3 is 10.1 Å². The number of hydrogen-bond acceptors (Lipinski definition) is 3. The monoisotopic (exact) mass is 175 g/mol. The largest absolute Gasteiger partial charge is 0.347 e. The zero-order valence-electron chi connectivity index (χ0n) is 6.79. The summed E-state index contributed by atoms with van der Waals surface area (Å²) in [6.07, 6.45) is 3.46. The minimum atomic E-state index is -0.306. The third kappa shape index (κ3) is 5.91. The van der Waals surface area contributed by atoms with E-state index < -0.39 is 0 Å². The first-order chi connectivity index (χ1) is 5.20. The van der Waals surface area contributed by atoms with E-state index in [1.54, 1.807) is 11.8 Å². The molecule has 0 aliphatic carbocycles. The van der Waals surface area contributed by atoms with E-state index >= 15 is 0 Å². The van der Waals surface area contributed by atoms with Crippen molar-refractivity contribution in [3.8, 4) is 0 Å². The highest BCUT2D eigenvalue weighted by molar-refractivity contribution is 7.98. The maximum atomic E-state index is 10.5. The summed E-state index contributed by atoms with van der Waals surface area (Å²) < 4.78 is 0. The molecule has 0 heterocycles. The van der Waals surface area contributed by atoms with Crippen molar-refractivity contribution in [3.63, 3.8) is 0 Å². The number of thioether (sulfide) groups is 1. The SMILES string of the molecule is CSCC[C@@H](C=O)NC(C)=O. The van der Waals surface area contributed by atoms with Crippen molar-refractivity contribution in [1.82, 2.24) is 5.32 Å². The Morgan fingerprint density at radius 1 is 1.73 bits per heavy atom. The average molecular weight is 175 g/mol. The third-order valence-corrected chi connectivity index (χ3v) is 1.83. The first-order valence-corrected chi connectivity index (χ1v) is 4.81. The Hall–Kier alpha value is -0.510. The van der Waals surface area contributed by atoms with Crippen LogP contribution in [0, 0.1) is 0 Å². The Bertz CT molecular complexity index is 138. The Balaban J connectivity index is 3.57. The van der Waals surface area contributed by atoms with E-state index in [1.165, 1.54) is 6.92 Å². The van der Waals surface area contributed by atoms with Gasteiger partial charge in [0.05, 0.1) is 6.04 Å². The number of aldehydes is 1. The van der Waals surface area contributed by atoms with Gasteiger partial charge in [0.15, 0.2) is 0 Å². The van der Waals surface area contributed by atoms with Crippen LogP contribution in [0.25, 0.3) is 0 Å². The van der Waals surface area contributed by atoms with E-state index in [2.05, 4.69) is 5.32 Å². The highest BCUT2D eigenvalue weighted by Gasteiger charge is 2.06. The summed E-state index contributed by atoms with van der Waals surface area (Å²) in [5.74, 6) is 0.743. The maximum Gasteiger partial charge on any atom is 0.217 e. The Morgan fingerprint density at radius 2 is 2.36 bits per heavy atom. The molecule has 0 rings (SSSR count). The quantitative estimate of drug-likeness (QED) is 0.617. The van der Waals surface area contributed by atoms with Crippen LogP contribution in [0.5, 0.6) is 0 Å². The molecule has 0 saturated carbocycles. The van der Waals surface area contributed by atoms with Crippen LogP contribution < -0.4 is 5.32 Å². The second kappa shape index (κ2) is 6.22. The summed E-state index contributed by atoms with van der Waals surface area (Å²) in [4.78, 5) is 20.8. The lowest BCUT2D eigenvalue weighted by Gasteiger charge is -2.08. The average Bonchev–Trinajstić information content (AvgIpc) is 1.97. The fraction of sp³-hybridized carbons (Fsp3) is 0.714. The molecule has 0 aliphatic heterocycles. The molecule has 0 aromatic heterocycles. The van der Waals surface area contributed by atoms with Crippen molar-refractivity contribution < 1.29 is 9.59 Å². The van der Waals surface area contributed by atoms with Gasteiger partial charge >= 0.3 is 0 Å². The number of amides is 1. The van der Waals surface area contributed by atoms with Crippen molar-refractivity contribution in [3.05, 3.63) is 0 Å². The van der Waals surface area contributed by atoms with Gasteiger partial charge in [-0.1, -0.05) is 0 Å². The van der Waals surface area contributed by atoms with Crippen molar-refractivity contribution >= 4 is 24.0 Å². The van der Waals surface area contributed by atoms with Crippen LogP contribution in [-0.2, 0) is 9.59 Å². The molecule has 0 fully saturated rings. The van der Waals surface area contributed by atoms with Gasteiger partial charge in [-0.2, -0.15) is 11.8 Å². The topological polar surface area (TPSA) is 46.2 Å². The lowest BCUT2D eigenvalue weighted by atomic mass is 10.2. The Labute approximate surface area is 70.9 Å². The Kier molecular flexibility index (Phi) is 5.93. The van der Waals surface area contributed by atoms with Crippen LogP contribution in [0.2, 0.25) is 0 Å². The summed E-state index contributed by atoms with van der Waals surface area (Å²) in [6, 6.07) is -0.306. The zero-order chi connectivity index (χ0) is 8.69. The minimum Gasteiger partial charge on any atom is -0.347 e. The number of nitrogens with one attached hydrogen (secondary N) is 1. The molecule has 3 nitrogen and oxygen atoms in total. The predicted octanol–water partition coefficient (Wildman–Crippen LogP) is 0.443. The normalized spacial score (nSPS) is 12.2. The number of rotatable bonds is 5. The molecule has 0 radical (unpaired) electrons. The molecule has 0 aromatic carbocycles. The lowest BCUT2D eigenvalue weighted by Crippen LogP contribution is -2.34. The van der Waals surface area contributed by atoms with E-state index in [0.717, 1.165) is 12.0 Å². The van der Waals surface area contributed by atoms with Crippen molar-refractivity contribution in [1.29, 1.82) is 0 Å². The fourth-order valence-electron chi connectivity index (χ4n) is 0.680. The van der Waals surface area contributed by atoms with E-state index in [1.807, 2.05) is 6.26 Å². The molecule has 64 valence electrons. The number of hydrogen-bond donors (Lipinski definition) is 1. The summed E-state index contributed by atoms with van der Waals surface area (Å²) in [5.41, 5.74) is 0. The van der Waals surface area contributed by atoms with E-state index in [-0.39, 0.29) is 11.9 Å². The van der Waals surface area contributed by atoms with Gasteiger partial charge in [0.2, 0.25) is 5.91 Å². The van der Waals surface area contributed by atoms with Gasteiger partial charge in [-0.3, -0.25) is 4.79 Å². The molecule has 0 saturated heterocycles. The van der Waals surface area contributed by atoms with Gasteiger partial charge in [-0.25, -0.2) is 0 Å². The van der Waals surface area contributed by atoms with Crippen LogP contribution in [0.1, 0.15) is 13.3 Å². The zero-order valence-corrected chi connectivity index (χ0v) is 7.61. The summed E-state index contributed by atoms with van der Waals surface area (Å²) >= 11 is 1.66. The van der Waals surface area contributed by atoms with Gasteiger partial charge in [0, 0.05) is 6.92 Å². The third-order valence-electron chi connectivity index (χ3n) is 1.19. The molecule has 1 N–H and O–H groups in total. The van der Waals surface area contributed by atoms with E-state index in [9.17, 15) is 9.59 Å². The number of carbonyl (C=O) groups is 2. The Morgan fingerprint density at radius 3 is 2.73 bits per heavy atom. The minimum absolute atomic E-state index is 0.150. The molecule has 0 spiro atoms. The van der Waals surface area contributed by atoms with Crippen LogP contribution in [0.3, 0.4) is 0 Å². The molecule has 0 unspecified atom stereocenters. The van der Waals surface area contributed by atoms with Gasteiger partial charge in [-0.15, -0.1) is 0 Å². The molecule has 0 bridgehead atoms. The van der Waals surface area contributed by atoms with Crippen LogP contribution in [-0.4, -0.2) is 30.2 Å². The first kappa shape index (κ1) is 10.5. The number of carbonyl (C=O) groups excluding carboxylic acids is 2. The van der Waals surface area contributed by atoms with Crippen molar-refractivity contribution in [2.24, 2.45) is 0 Å². The van der Waals surface area contributed by atoms with Crippen LogP contribution in [0.4, 0.5) is 0 Å². The molecular formula is C7H13NO2S. The standard InChI is InChI=1S/C7H13NO2S/c1-6(10)8-7(5-9)3-4-11-2/h5,7H,3-4H2,1-2H3,(H,8,10)/t7-/m0/s1. The van der Waals surface area contributed by atoms with E-state index in [0.29, 0.717) is 6.42 Å². The second-order valence-electron chi connectivity index (χ2n) is 2.22. The molecule has 1 atom stereocenters. The van der Waals surface area contributed by atoms with E-state index in [4.69, 9.17) is 0 Å². The highest BCUT2D eigenvalue weighted by atomic mass is 32.2.